The number of carbonyl (C=O) groups is 2. The standard InChI is InChI=1S/C12H13FNO3P/c1-14(2)7-9(12(16)17-18)11(15)8-5-3-4-6-10(8)13/h3-7H,18H2,1-2H3/b9-7-. The van der Waals surface area contributed by atoms with Crippen molar-refractivity contribution in [2.24, 2.45) is 0 Å². The average molecular weight is 269 g/mol. The number of hydrogen-bond acceptors (Lipinski definition) is 4. The molecule has 0 fully saturated rings. The minimum Gasteiger partial charge on any atom is -0.448 e. The molecule has 6 heteroatoms. The van der Waals surface area contributed by atoms with E-state index in [1.54, 1.807) is 23.6 Å². The molecule has 0 aromatic heterocycles. The van der Waals surface area contributed by atoms with Gasteiger partial charge in [0.2, 0.25) is 5.78 Å². The lowest BCUT2D eigenvalue weighted by Gasteiger charge is -2.10. The number of rotatable bonds is 4. The molecule has 0 N–H and O–H groups in total. The van der Waals surface area contributed by atoms with Crippen molar-refractivity contribution in [2.75, 3.05) is 14.1 Å². The summed E-state index contributed by atoms with van der Waals surface area (Å²) in [5.41, 5.74) is -0.402. The molecule has 18 heavy (non-hydrogen) atoms. The molecule has 0 saturated heterocycles. The van der Waals surface area contributed by atoms with Crippen molar-refractivity contribution in [3.63, 3.8) is 0 Å². The highest BCUT2D eigenvalue weighted by molar-refractivity contribution is 7.10. The van der Waals surface area contributed by atoms with Gasteiger partial charge in [-0.2, -0.15) is 0 Å². The van der Waals surface area contributed by atoms with Gasteiger partial charge in [0.15, 0.2) is 0 Å². The maximum Gasteiger partial charge on any atom is 0.345 e. The van der Waals surface area contributed by atoms with E-state index in [4.69, 9.17) is 0 Å². The van der Waals surface area contributed by atoms with Gasteiger partial charge in [0, 0.05) is 20.3 Å². The van der Waals surface area contributed by atoms with Crippen molar-refractivity contribution in [2.45, 2.75) is 0 Å². The molecule has 1 aromatic carbocycles. The van der Waals surface area contributed by atoms with Gasteiger partial charge in [0.05, 0.1) is 15.0 Å². The Labute approximate surface area is 107 Å². The Kier molecular flexibility index (Phi) is 4.98. The second-order valence-electron chi connectivity index (χ2n) is 3.72. The van der Waals surface area contributed by atoms with Gasteiger partial charge in [-0.3, -0.25) is 4.79 Å². The quantitative estimate of drug-likeness (QED) is 0.275. The summed E-state index contributed by atoms with van der Waals surface area (Å²) in [5, 5.41) is 0. The minimum atomic E-state index is -0.832. The van der Waals surface area contributed by atoms with E-state index in [0.717, 1.165) is 6.07 Å². The van der Waals surface area contributed by atoms with Crippen molar-refractivity contribution in [3.05, 3.63) is 47.4 Å². The first kappa shape index (κ1) is 14.3. The van der Waals surface area contributed by atoms with Crippen LogP contribution in [0.5, 0.6) is 0 Å². The van der Waals surface area contributed by atoms with Crippen LogP contribution >= 0.6 is 9.47 Å². The van der Waals surface area contributed by atoms with Gasteiger partial charge in [-0.05, 0) is 12.1 Å². The maximum absolute atomic E-state index is 13.5. The van der Waals surface area contributed by atoms with E-state index in [1.165, 1.54) is 29.3 Å². The first-order chi connectivity index (χ1) is 8.47. The molecule has 0 aliphatic rings. The lowest BCUT2D eigenvalue weighted by Crippen LogP contribution is -2.18. The third kappa shape index (κ3) is 3.37. The Bertz CT molecular complexity index is 500. The second-order valence-corrected chi connectivity index (χ2v) is 3.96. The highest BCUT2D eigenvalue weighted by Crippen LogP contribution is 2.15. The van der Waals surface area contributed by atoms with Crippen molar-refractivity contribution >= 4 is 21.2 Å². The van der Waals surface area contributed by atoms with Gasteiger partial charge in [-0.1, -0.05) is 12.1 Å². The zero-order chi connectivity index (χ0) is 13.7. The van der Waals surface area contributed by atoms with Gasteiger partial charge in [-0.25, -0.2) is 9.18 Å². The lowest BCUT2D eigenvalue weighted by molar-refractivity contribution is -0.128. The van der Waals surface area contributed by atoms with Gasteiger partial charge < -0.3 is 9.42 Å². The fourth-order valence-corrected chi connectivity index (χ4v) is 1.44. The van der Waals surface area contributed by atoms with Crippen LogP contribution in [0.4, 0.5) is 4.39 Å². The number of nitrogens with zero attached hydrogens (tertiary/aromatic N) is 1. The fourth-order valence-electron chi connectivity index (χ4n) is 1.32. The number of Topliss-reactive ketones (excluding diaryl/α,β-unsaturated/α-hetero) is 1. The van der Waals surface area contributed by atoms with Gasteiger partial charge in [0.1, 0.15) is 11.4 Å². The van der Waals surface area contributed by atoms with Gasteiger partial charge >= 0.3 is 5.97 Å². The predicted octanol–water partition coefficient (Wildman–Crippen LogP) is 1.79. The molecule has 0 aliphatic heterocycles. The molecular weight excluding hydrogens is 256 g/mol. The zero-order valence-electron chi connectivity index (χ0n) is 10.0. The van der Waals surface area contributed by atoms with Gasteiger partial charge in [-0.15, -0.1) is 0 Å². The van der Waals surface area contributed by atoms with Crippen molar-refractivity contribution < 1.29 is 18.5 Å². The lowest BCUT2D eigenvalue weighted by atomic mass is 10.0. The van der Waals surface area contributed by atoms with Crippen LogP contribution < -0.4 is 0 Å². The van der Waals surface area contributed by atoms with E-state index < -0.39 is 17.6 Å². The molecule has 0 heterocycles. The van der Waals surface area contributed by atoms with Gasteiger partial charge in [0.25, 0.3) is 0 Å². The number of halogens is 1. The largest absolute Gasteiger partial charge is 0.448 e. The monoisotopic (exact) mass is 269 g/mol. The number of benzene rings is 1. The third-order valence-electron chi connectivity index (χ3n) is 2.08. The van der Waals surface area contributed by atoms with E-state index in [9.17, 15) is 14.0 Å². The maximum atomic E-state index is 13.5. The van der Waals surface area contributed by atoms with E-state index in [0.29, 0.717) is 0 Å². The zero-order valence-corrected chi connectivity index (χ0v) is 11.2. The highest BCUT2D eigenvalue weighted by Gasteiger charge is 2.23. The van der Waals surface area contributed by atoms with Crippen LogP contribution in [0.3, 0.4) is 0 Å². The Morgan fingerprint density at radius 1 is 1.33 bits per heavy atom. The van der Waals surface area contributed by atoms with E-state index in [-0.39, 0.29) is 11.1 Å². The number of carbonyl (C=O) groups excluding carboxylic acids is 2. The molecule has 0 aliphatic carbocycles. The van der Waals surface area contributed by atoms with Crippen molar-refractivity contribution in [1.82, 2.24) is 4.90 Å². The summed E-state index contributed by atoms with van der Waals surface area (Å²) in [6.07, 6.45) is 1.29. The molecule has 1 aromatic rings. The van der Waals surface area contributed by atoms with Crippen molar-refractivity contribution in [1.29, 1.82) is 0 Å². The normalized spacial score (nSPS) is 11.0. The molecule has 0 spiro atoms. The van der Waals surface area contributed by atoms with Crippen LogP contribution in [0.1, 0.15) is 10.4 Å². The van der Waals surface area contributed by atoms with E-state index in [2.05, 4.69) is 4.52 Å². The fraction of sp³-hybridized carbons (Fsp3) is 0.167. The molecule has 4 nitrogen and oxygen atoms in total. The Hall–Kier alpha value is -1.74. The minimum absolute atomic E-state index is 0.166. The van der Waals surface area contributed by atoms with Crippen molar-refractivity contribution in [3.8, 4) is 0 Å². The predicted molar refractivity (Wildman–Crippen MR) is 68.3 cm³/mol. The van der Waals surface area contributed by atoms with Crippen LogP contribution in [0.2, 0.25) is 0 Å². The van der Waals surface area contributed by atoms with Crippen LogP contribution in [0.15, 0.2) is 36.0 Å². The average Bonchev–Trinajstić information content (AvgIpc) is 2.34. The third-order valence-corrected chi connectivity index (χ3v) is 2.29. The van der Waals surface area contributed by atoms with Crippen LogP contribution in [-0.2, 0) is 9.32 Å². The summed E-state index contributed by atoms with van der Waals surface area (Å²) in [4.78, 5) is 25.1. The Balaban J connectivity index is 3.20. The van der Waals surface area contributed by atoms with Crippen LogP contribution in [0.25, 0.3) is 0 Å². The molecule has 0 amide bonds. The molecule has 1 atom stereocenters. The smallest absolute Gasteiger partial charge is 0.345 e. The number of hydrogen-bond donors (Lipinski definition) is 0. The van der Waals surface area contributed by atoms with Crippen LogP contribution in [0, 0.1) is 5.82 Å². The summed E-state index contributed by atoms with van der Waals surface area (Å²) in [5.74, 6) is -2.22. The first-order valence-corrected chi connectivity index (χ1v) is 5.53. The molecule has 0 saturated carbocycles. The summed E-state index contributed by atoms with van der Waals surface area (Å²) in [6, 6.07) is 5.47. The van der Waals surface area contributed by atoms with E-state index >= 15 is 0 Å². The molecule has 0 radical (unpaired) electrons. The molecular formula is C12H13FNO3P. The Morgan fingerprint density at radius 3 is 2.44 bits per heavy atom. The summed E-state index contributed by atoms with van der Waals surface area (Å²) in [6.45, 7) is 0. The molecule has 1 rings (SSSR count). The molecule has 96 valence electrons. The molecule has 1 unspecified atom stereocenters. The second kappa shape index (κ2) is 6.26. The summed E-state index contributed by atoms with van der Waals surface area (Å²) in [7, 11) is 5.05. The SMILES string of the molecule is CN(C)/C=C(\C(=O)OP)C(=O)c1ccccc1F. The van der Waals surface area contributed by atoms with E-state index in [1.807, 2.05) is 0 Å². The molecule has 0 bridgehead atoms. The first-order valence-electron chi connectivity index (χ1n) is 5.06. The summed E-state index contributed by atoms with van der Waals surface area (Å²) < 4.78 is 17.9. The Morgan fingerprint density at radius 2 is 1.94 bits per heavy atom. The number of ketones is 1. The summed E-state index contributed by atoms with van der Waals surface area (Å²) >= 11 is 0. The topological polar surface area (TPSA) is 46.6 Å². The van der Waals surface area contributed by atoms with Crippen LogP contribution in [-0.4, -0.2) is 30.7 Å². The highest BCUT2D eigenvalue weighted by atomic mass is 31.0.